The number of rotatable bonds is 4. The van der Waals surface area contributed by atoms with Crippen molar-refractivity contribution in [2.75, 3.05) is 59.0 Å². The van der Waals surface area contributed by atoms with Gasteiger partial charge < -0.3 is 14.5 Å². The average molecular weight is 363 g/mol. The molecule has 26 heavy (non-hydrogen) atoms. The van der Waals surface area contributed by atoms with Crippen LogP contribution in [-0.4, -0.2) is 95.3 Å². The molecule has 8 heteroatoms. The molecular weight excluding hydrogens is 334 g/mol. The molecule has 2 aliphatic heterocycles. The number of aromatic nitrogens is 2. The van der Waals surface area contributed by atoms with E-state index >= 15 is 0 Å². The normalized spacial score (nSPS) is 19.0. The molecular formula is C18H29N5O3. The fourth-order valence-electron chi connectivity index (χ4n) is 3.59. The molecule has 1 aromatic heterocycles. The van der Waals surface area contributed by atoms with Crippen molar-refractivity contribution >= 4 is 11.8 Å². The van der Waals surface area contributed by atoms with Crippen molar-refractivity contribution in [3.8, 4) is 0 Å². The van der Waals surface area contributed by atoms with Crippen molar-refractivity contribution < 1.29 is 14.3 Å². The van der Waals surface area contributed by atoms with Crippen molar-refractivity contribution in [3.63, 3.8) is 0 Å². The van der Waals surface area contributed by atoms with Crippen molar-refractivity contribution in [3.05, 3.63) is 17.0 Å². The van der Waals surface area contributed by atoms with Gasteiger partial charge in [0.1, 0.15) is 0 Å². The Morgan fingerprint density at radius 3 is 2.08 bits per heavy atom. The molecule has 1 aromatic rings. The highest BCUT2D eigenvalue weighted by Gasteiger charge is 2.26. The zero-order valence-corrected chi connectivity index (χ0v) is 16.0. The molecule has 0 unspecified atom stereocenters. The first-order valence-electron chi connectivity index (χ1n) is 9.30. The van der Waals surface area contributed by atoms with Gasteiger partial charge >= 0.3 is 0 Å². The second-order valence-corrected chi connectivity index (χ2v) is 7.10. The Balaban J connectivity index is 1.48. The van der Waals surface area contributed by atoms with Crippen molar-refractivity contribution in [2.45, 2.75) is 20.3 Å². The topological polar surface area (TPSA) is 70.9 Å². The van der Waals surface area contributed by atoms with Gasteiger partial charge in [0.25, 0.3) is 0 Å². The van der Waals surface area contributed by atoms with E-state index in [1.807, 2.05) is 35.4 Å². The summed E-state index contributed by atoms with van der Waals surface area (Å²) in [6.07, 6.45) is 0.382. The van der Waals surface area contributed by atoms with E-state index in [0.29, 0.717) is 52.4 Å². The van der Waals surface area contributed by atoms with Gasteiger partial charge in [-0.05, 0) is 13.8 Å². The Labute approximate surface area is 154 Å². The molecule has 0 aliphatic carbocycles. The number of piperazine rings is 1. The van der Waals surface area contributed by atoms with E-state index in [-0.39, 0.29) is 11.8 Å². The molecule has 2 fully saturated rings. The summed E-state index contributed by atoms with van der Waals surface area (Å²) in [7, 11) is 1.90. The predicted octanol–water partition coefficient (Wildman–Crippen LogP) is -0.418. The van der Waals surface area contributed by atoms with E-state index in [9.17, 15) is 9.59 Å². The quantitative estimate of drug-likeness (QED) is 0.727. The van der Waals surface area contributed by atoms with E-state index in [2.05, 4.69) is 10.00 Å². The fourth-order valence-corrected chi connectivity index (χ4v) is 3.59. The number of amides is 2. The van der Waals surface area contributed by atoms with E-state index < -0.39 is 0 Å². The van der Waals surface area contributed by atoms with Crippen LogP contribution in [-0.2, 0) is 27.8 Å². The first-order valence-corrected chi connectivity index (χ1v) is 9.30. The Hall–Kier alpha value is -1.93. The van der Waals surface area contributed by atoms with Crippen LogP contribution >= 0.6 is 0 Å². The van der Waals surface area contributed by atoms with Crippen molar-refractivity contribution in [2.24, 2.45) is 7.05 Å². The number of ether oxygens (including phenoxy) is 1. The minimum absolute atomic E-state index is 0.115. The van der Waals surface area contributed by atoms with Crippen LogP contribution in [0.25, 0.3) is 0 Å². The summed E-state index contributed by atoms with van der Waals surface area (Å²) in [6, 6.07) is 0. The maximum atomic E-state index is 12.6. The second kappa shape index (κ2) is 8.18. The summed E-state index contributed by atoms with van der Waals surface area (Å²) in [5.74, 6) is 0.266. The molecule has 2 aliphatic rings. The smallest absolute Gasteiger partial charge is 0.236 e. The van der Waals surface area contributed by atoms with Crippen LogP contribution in [0.15, 0.2) is 0 Å². The minimum Gasteiger partial charge on any atom is -0.379 e. The van der Waals surface area contributed by atoms with Gasteiger partial charge in [-0.3, -0.25) is 19.2 Å². The van der Waals surface area contributed by atoms with E-state index in [1.54, 1.807) is 0 Å². The molecule has 0 atom stereocenters. The van der Waals surface area contributed by atoms with Gasteiger partial charge in [0.2, 0.25) is 11.8 Å². The molecule has 0 aromatic carbocycles. The lowest BCUT2D eigenvalue weighted by Crippen LogP contribution is -2.53. The maximum Gasteiger partial charge on any atom is 0.236 e. The third kappa shape index (κ3) is 4.24. The summed E-state index contributed by atoms with van der Waals surface area (Å²) < 4.78 is 7.14. The number of aryl methyl sites for hydroxylation is 2. The van der Waals surface area contributed by atoms with E-state index in [1.165, 1.54) is 0 Å². The summed E-state index contributed by atoms with van der Waals surface area (Å²) in [5, 5.41) is 4.38. The number of hydrogen-bond donors (Lipinski definition) is 0. The van der Waals surface area contributed by atoms with Gasteiger partial charge in [-0.25, -0.2) is 0 Å². The molecule has 0 saturated carbocycles. The van der Waals surface area contributed by atoms with E-state index in [4.69, 9.17) is 4.74 Å². The van der Waals surface area contributed by atoms with Crippen LogP contribution in [0.1, 0.15) is 17.0 Å². The highest BCUT2D eigenvalue weighted by atomic mass is 16.5. The van der Waals surface area contributed by atoms with Gasteiger partial charge in [-0.1, -0.05) is 0 Å². The first-order chi connectivity index (χ1) is 12.5. The zero-order valence-electron chi connectivity index (χ0n) is 16.0. The molecule has 0 radical (unpaired) electrons. The number of morpholine rings is 1. The largest absolute Gasteiger partial charge is 0.379 e. The average Bonchev–Trinajstić information content (AvgIpc) is 2.88. The SMILES string of the molecule is Cc1nn(C)c(C)c1CC(=O)N1CCN(C(=O)CN2CCOCC2)CC1. The Kier molecular flexibility index (Phi) is 5.93. The third-order valence-electron chi connectivity index (χ3n) is 5.43. The Bertz CT molecular complexity index is 658. The highest BCUT2D eigenvalue weighted by Crippen LogP contribution is 2.15. The van der Waals surface area contributed by atoms with Crippen molar-refractivity contribution in [1.82, 2.24) is 24.5 Å². The van der Waals surface area contributed by atoms with Crippen LogP contribution in [0.5, 0.6) is 0 Å². The third-order valence-corrected chi connectivity index (χ3v) is 5.43. The van der Waals surface area contributed by atoms with Gasteiger partial charge in [-0.15, -0.1) is 0 Å². The number of carbonyl (C=O) groups is 2. The zero-order chi connectivity index (χ0) is 18.7. The molecule has 0 bridgehead atoms. The lowest BCUT2D eigenvalue weighted by atomic mass is 10.1. The maximum absolute atomic E-state index is 12.6. The number of hydrogen-bond acceptors (Lipinski definition) is 5. The molecule has 2 amide bonds. The Morgan fingerprint density at radius 2 is 1.54 bits per heavy atom. The van der Waals surface area contributed by atoms with Crippen LogP contribution < -0.4 is 0 Å². The van der Waals surface area contributed by atoms with Crippen LogP contribution in [0.4, 0.5) is 0 Å². The monoisotopic (exact) mass is 363 g/mol. The van der Waals surface area contributed by atoms with Gasteiger partial charge in [0, 0.05) is 57.6 Å². The lowest BCUT2D eigenvalue weighted by molar-refractivity contribution is -0.140. The minimum atomic E-state index is 0.115. The van der Waals surface area contributed by atoms with Gasteiger partial charge in [0.05, 0.1) is 31.9 Å². The molecule has 3 rings (SSSR count). The molecule has 2 saturated heterocycles. The summed E-state index contributed by atoms with van der Waals surface area (Å²) in [5.41, 5.74) is 2.97. The lowest BCUT2D eigenvalue weighted by Gasteiger charge is -2.36. The highest BCUT2D eigenvalue weighted by molar-refractivity contribution is 5.81. The molecule has 0 spiro atoms. The number of nitrogens with zero attached hydrogens (tertiary/aromatic N) is 5. The predicted molar refractivity (Wildman–Crippen MR) is 96.8 cm³/mol. The van der Waals surface area contributed by atoms with E-state index in [0.717, 1.165) is 30.0 Å². The van der Waals surface area contributed by atoms with Crippen LogP contribution in [0.3, 0.4) is 0 Å². The molecule has 0 N–H and O–H groups in total. The number of carbonyl (C=O) groups excluding carboxylic acids is 2. The second-order valence-electron chi connectivity index (χ2n) is 7.10. The van der Waals surface area contributed by atoms with Crippen molar-refractivity contribution in [1.29, 1.82) is 0 Å². The van der Waals surface area contributed by atoms with Gasteiger partial charge in [-0.2, -0.15) is 5.10 Å². The molecule has 144 valence electrons. The summed E-state index contributed by atoms with van der Waals surface area (Å²) >= 11 is 0. The summed E-state index contributed by atoms with van der Waals surface area (Å²) in [6.45, 7) is 9.83. The molecule has 3 heterocycles. The van der Waals surface area contributed by atoms with Crippen LogP contribution in [0, 0.1) is 13.8 Å². The molecule has 8 nitrogen and oxygen atoms in total. The Morgan fingerprint density at radius 1 is 0.962 bits per heavy atom. The van der Waals surface area contributed by atoms with Crippen LogP contribution in [0.2, 0.25) is 0 Å². The fraction of sp³-hybridized carbons (Fsp3) is 0.722. The standard InChI is InChI=1S/C18H29N5O3/c1-14-16(15(2)20(3)19-14)12-17(24)22-4-6-23(7-5-22)18(25)13-21-8-10-26-11-9-21/h4-13H2,1-3H3. The van der Waals surface area contributed by atoms with Gasteiger partial charge in [0.15, 0.2) is 0 Å². The first kappa shape index (κ1) is 18.8. The summed E-state index contributed by atoms with van der Waals surface area (Å²) in [4.78, 5) is 31.0.